The maximum Gasteiger partial charge on any atom is 0.0897 e. The Kier molecular flexibility index (Phi) is 7.24. The highest BCUT2D eigenvalue weighted by Crippen LogP contribution is 2.15. The summed E-state index contributed by atoms with van der Waals surface area (Å²) in [5.41, 5.74) is 0. The molecule has 0 aliphatic carbocycles. The lowest BCUT2D eigenvalue weighted by molar-refractivity contribution is -0.0166. The van der Waals surface area contributed by atoms with Crippen LogP contribution >= 0.6 is 0 Å². The van der Waals surface area contributed by atoms with Crippen molar-refractivity contribution < 1.29 is 14.6 Å². The normalized spacial score (nSPS) is 29.1. The smallest absolute Gasteiger partial charge is 0.0897 e. The van der Waals surface area contributed by atoms with Gasteiger partial charge < -0.3 is 19.9 Å². The zero-order valence-corrected chi connectivity index (χ0v) is 12.7. The molecule has 0 amide bonds. The third kappa shape index (κ3) is 5.30. The van der Waals surface area contributed by atoms with Crippen LogP contribution in [-0.2, 0) is 9.47 Å². The average molecular weight is 286 g/mol. The van der Waals surface area contributed by atoms with Gasteiger partial charge in [0.1, 0.15) is 0 Å². The van der Waals surface area contributed by atoms with Crippen molar-refractivity contribution in [1.82, 2.24) is 10.2 Å². The van der Waals surface area contributed by atoms with E-state index < -0.39 is 6.10 Å². The average Bonchev–Trinajstić information content (AvgIpc) is 3.09. The molecule has 5 nitrogen and oxygen atoms in total. The van der Waals surface area contributed by atoms with Crippen molar-refractivity contribution in [2.75, 3.05) is 46.0 Å². The number of likely N-dealkylation sites (N-methyl/N-ethyl adjacent to an activating group) is 1. The molecule has 2 fully saturated rings. The van der Waals surface area contributed by atoms with Crippen molar-refractivity contribution in [1.29, 1.82) is 0 Å². The highest BCUT2D eigenvalue weighted by Gasteiger charge is 2.22. The Labute approximate surface area is 122 Å². The second-order valence-corrected chi connectivity index (χ2v) is 5.91. The topological polar surface area (TPSA) is 54.0 Å². The third-order valence-corrected chi connectivity index (χ3v) is 4.30. The molecule has 0 aromatic carbocycles. The first kappa shape index (κ1) is 16.2. The fourth-order valence-electron chi connectivity index (χ4n) is 3.13. The van der Waals surface area contributed by atoms with Crippen molar-refractivity contribution in [3.8, 4) is 0 Å². The second kappa shape index (κ2) is 8.95. The minimum atomic E-state index is -0.423. The molecule has 0 aromatic rings. The first-order valence-electron chi connectivity index (χ1n) is 8.11. The monoisotopic (exact) mass is 286 g/mol. The molecular formula is C15H30N2O3. The van der Waals surface area contributed by atoms with Crippen molar-refractivity contribution in [3.05, 3.63) is 0 Å². The number of nitrogens with one attached hydrogen (secondary N) is 1. The molecule has 118 valence electrons. The summed E-state index contributed by atoms with van der Waals surface area (Å²) in [6.07, 6.45) is 4.61. The molecule has 0 unspecified atom stereocenters. The van der Waals surface area contributed by atoms with E-state index in [4.69, 9.17) is 9.47 Å². The summed E-state index contributed by atoms with van der Waals surface area (Å²) < 4.78 is 11.0. The van der Waals surface area contributed by atoms with Crippen molar-refractivity contribution in [2.45, 2.75) is 50.9 Å². The summed E-state index contributed by atoms with van der Waals surface area (Å²) in [4.78, 5) is 2.51. The molecule has 0 radical (unpaired) electrons. The summed E-state index contributed by atoms with van der Waals surface area (Å²) in [6, 6.07) is 0.639. The maximum absolute atomic E-state index is 9.88. The van der Waals surface area contributed by atoms with Gasteiger partial charge >= 0.3 is 0 Å². The summed E-state index contributed by atoms with van der Waals surface area (Å²) in [5, 5.41) is 13.2. The predicted molar refractivity (Wildman–Crippen MR) is 78.9 cm³/mol. The Morgan fingerprint density at radius 1 is 1.40 bits per heavy atom. The Morgan fingerprint density at radius 3 is 3.05 bits per heavy atom. The van der Waals surface area contributed by atoms with Gasteiger partial charge in [0.05, 0.1) is 25.4 Å². The zero-order valence-electron chi connectivity index (χ0n) is 12.7. The minimum Gasteiger partial charge on any atom is -0.389 e. The first-order chi connectivity index (χ1) is 9.79. The van der Waals surface area contributed by atoms with Crippen LogP contribution in [0, 0.1) is 0 Å². The van der Waals surface area contributed by atoms with Crippen LogP contribution in [0.1, 0.15) is 32.6 Å². The van der Waals surface area contributed by atoms with Gasteiger partial charge in [-0.15, -0.1) is 0 Å². The lowest BCUT2D eigenvalue weighted by Crippen LogP contribution is -2.41. The van der Waals surface area contributed by atoms with Crippen molar-refractivity contribution in [3.63, 3.8) is 0 Å². The highest BCUT2D eigenvalue weighted by molar-refractivity contribution is 4.80. The second-order valence-electron chi connectivity index (χ2n) is 5.91. The van der Waals surface area contributed by atoms with Crippen LogP contribution < -0.4 is 5.32 Å². The molecule has 2 heterocycles. The summed E-state index contributed by atoms with van der Waals surface area (Å²) >= 11 is 0. The number of ether oxygens (including phenoxy) is 2. The molecule has 2 saturated heterocycles. The van der Waals surface area contributed by atoms with E-state index in [0.29, 0.717) is 25.8 Å². The van der Waals surface area contributed by atoms with Gasteiger partial charge in [0.25, 0.3) is 0 Å². The van der Waals surface area contributed by atoms with Gasteiger partial charge in [0.2, 0.25) is 0 Å². The molecule has 3 atom stereocenters. The molecule has 0 bridgehead atoms. The van der Waals surface area contributed by atoms with Gasteiger partial charge in [-0.2, -0.15) is 0 Å². The van der Waals surface area contributed by atoms with Gasteiger partial charge in [-0.25, -0.2) is 0 Å². The number of aliphatic hydroxyl groups is 1. The molecule has 0 spiro atoms. The number of hydrogen-bond donors (Lipinski definition) is 2. The lowest BCUT2D eigenvalue weighted by Gasteiger charge is -2.23. The Bertz CT molecular complexity index is 260. The molecule has 2 aliphatic rings. The molecule has 20 heavy (non-hydrogen) atoms. The molecule has 2 N–H and O–H groups in total. The van der Waals surface area contributed by atoms with Gasteiger partial charge in [0.15, 0.2) is 0 Å². The third-order valence-electron chi connectivity index (χ3n) is 4.30. The van der Waals surface area contributed by atoms with Gasteiger partial charge in [-0.05, 0) is 38.8 Å². The van der Waals surface area contributed by atoms with Crippen molar-refractivity contribution in [2.24, 2.45) is 0 Å². The van der Waals surface area contributed by atoms with E-state index in [1.165, 1.54) is 19.4 Å². The molecule has 2 rings (SSSR count). The standard InChI is InChI=1S/C15H30N2O3/c1-2-17-7-3-5-13(17)9-16-10-14(18)11-19-12-15-6-4-8-20-15/h13-16,18H,2-12H2,1H3/t13-,14+,15-/m1/s1. The molecule has 2 aliphatic heterocycles. The summed E-state index contributed by atoms with van der Waals surface area (Å²) in [6.45, 7) is 8.00. The Morgan fingerprint density at radius 2 is 2.30 bits per heavy atom. The SMILES string of the molecule is CCN1CCC[C@@H]1CNC[C@H](O)COC[C@H]1CCCO1. The van der Waals surface area contributed by atoms with E-state index in [9.17, 15) is 5.11 Å². The van der Waals surface area contributed by atoms with Gasteiger partial charge in [0, 0.05) is 25.7 Å². The quantitative estimate of drug-likeness (QED) is 0.651. The number of rotatable bonds is 9. The van der Waals surface area contributed by atoms with Crippen LogP contribution in [0.15, 0.2) is 0 Å². The van der Waals surface area contributed by atoms with Crippen molar-refractivity contribution >= 4 is 0 Å². The van der Waals surface area contributed by atoms with E-state index in [2.05, 4.69) is 17.1 Å². The summed E-state index contributed by atoms with van der Waals surface area (Å²) in [7, 11) is 0. The van der Waals surface area contributed by atoms with Gasteiger partial charge in [-0.3, -0.25) is 4.90 Å². The van der Waals surface area contributed by atoms with Crippen LogP contribution in [0.3, 0.4) is 0 Å². The Hall–Kier alpha value is -0.200. The molecule has 0 saturated carbocycles. The minimum absolute atomic E-state index is 0.242. The molecular weight excluding hydrogens is 256 g/mol. The number of nitrogens with zero attached hydrogens (tertiary/aromatic N) is 1. The number of hydrogen-bond acceptors (Lipinski definition) is 5. The van der Waals surface area contributed by atoms with E-state index in [1.54, 1.807) is 0 Å². The molecule has 5 heteroatoms. The van der Waals surface area contributed by atoms with Crippen LogP contribution in [0.5, 0.6) is 0 Å². The lowest BCUT2D eigenvalue weighted by atomic mass is 10.2. The number of likely N-dealkylation sites (tertiary alicyclic amines) is 1. The van der Waals surface area contributed by atoms with Gasteiger partial charge in [-0.1, -0.05) is 6.92 Å². The van der Waals surface area contributed by atoms with E-state index in [1.807, 2.05) is 0 Å². The number of aliphatic hydroxyl groups excluding tert-OH is 1. The first-order valence-corrected chi connectivity index (χ1v) is 8.11. The fourth-order valence-corrected chi connectivity index (χ4v) is 3.13. The fraction of sp³-hybridized carbons (Fsp3) is 1.00. The molecule has 0 aromatic heterocycles. The van der Waals surface area contributed by atoms with E-state index in [0.717, 1.165) is 32.5 Å². The highest BCUT2D eigenvalue weighted by atomic mass is 16.5. The Balaban J connectivity index is 1.48. The van der Waals surface area contributed by atoms with Crippen LogP contribution in [-0.4, -0.2) is 74.3 Å². The van der Waals surface area contributed by atoms with Crippen LogP contribution in [0.2, 0.25) is 0 Å². The maximum atomic E-state index is 9.88. The van der Waals surface area contributed by atoms with E-state index in [-0.39, 0.29) is 6.10 Å². The van der Waals surface area contributed by atoms with Crippen LogP contribution in [0.25, 0.3) is 0 Å². The van der Waals surface area contributed by atoms with Crippen LogP contribution in [0.4, 0.5) is 0 Å². The largest absolute Gasteiger partial charge is 0.389 e. The predicted octanol–water partition coefficient (Wildman–Crippen LogP) is 0.617. The zero-order chi connectivity index (χ0) is 14.2. The summed E-state index contributed by atoms with van der Waals surface area (Å²) in [5.74, 6) is 0. The van der Waals surface area contributed by atoms with E-state index >= 15 is 0 Å².